The zero-order valence-electron chi connectivity index (χ0n) is 6.04. The van der Waals surface area contributed by atoms with Crippen LogP contribution in [0.25, 0.3) is 0 Å². The van der Waals surface area contributed by atoms with E-state index in [0.717, 1.165) is 0 Å². The molecule has 0 spiro atoms. The Morgan fingerprint density at radius 3 is 1.85 bits per heavy atom. The summed E-state index contributed by atoms with van der Waals surface area (Å²) in [5.41, 5.74) is 3.92. The van der Waals surface area contributed by atoms with Gasteiger partial charge in [0.15, 0.2) is 11.6 Å². The van der Waals surface area contributed by atoms with Crippen LogP contribution in [0.4, 0.5) is 14.5 Å². The molecule has 2 nitrogen and oxygen atoms in total. The third-order valence-corrected chi connectivity index (χ3v) is 2.15. The maximum atomic E-state index is 13.0. The molecular formula is C7H2Cl2F2N2. The minimum Gasteiger partial charge on any atom is -0.396 e. The summed E-state index contributed by atoms with van der Waals surface area (Å²) < 4.78 is 25.9. The zero-order chi connectivity index (χ0) is 10.2. The summed E-state index contributed by atoms with van der Waals surface area (Å²) in [6, 6.07) is 1.30. The second-order valence-corrected chi connectivity index (χ2v) is 2.91. The highest BCUT2D eigenvalue weighted by Gasteiger charge is 2.20. The molecule has 0 aliphatic heterocycles. The average molecular weight is 223 g/mol. The van der Waals surface area contributed by atoms with Gasteiger partial charge in [-0.25, -0.2) is 8.78 Å². The Labute approximate surface area is 82.5 Å². The molecule has 0 fully saturated rings. The van der Waals surface area contributed by atoms with E-state index in [0.29, 0.717) is 0 Å². The Morgan fingerprint density at radius 1 is 1.15 bits per heavy atom. The summed E-state index contributed by atoms with van der Waals surface area (Å²) in [5, 5.41) is 7.27. The maximum Gasteiger partial charge on any atom is 0.164 e. The molecule has 2 N–H and O–H groups in total. The molecule has 1 aromatic carbocycles. The van der Waals surface area contributed by atoms with Gasteiger partial charge in [-0.1, -0.05) is 23.2 Å². The quantitative estimate of drug-likeness (QED) is 0.542. The normalized spacial score (nSPS) is 9.77. The highest BCUT2D eigenvalue weighted by Crippen LogP contribution is 2.34. The number of rotatable bonds is 0. The average Bonchev–Trinajstić information content (AvgIpc) is 2.13. The summed E-state index contributed by atoms with van der Waals surface area (Å²) in [6.45, 7) is 0. The lowest BCUT2D eigenvalue weighted by Crippen LogP contribution is -1.99. The van der Waals surface area contributed by atoms with Crippen LogP contribution in [0.15, 0.2) is 0 Å². The second kappa shape index (κ2) is 3.36. The Hall–Kier alpha value is -1.05. The van der Waals surface area contributed by atoms with Crippen molar-refractivity contribution in [3.8, 4) is 6.07 Å². The molecular weight excluding hydrogens is 221 g/mol. The molecule has 0 aliphatic rings. The lowest BCUT2D eigenvalue weighted by atomic mass is 10.2. The highest BCUT2D eigenvalue weighted by atomic mass is 35.5. The third kappa shape index (κ3) is 1.41. The molecule has 0 bridgehead atoms. The van der Waals surface area contributed by atoms with Crippen LogP contribution in [0.1, 0.15) is 5.56 Å². The van der Waals surface area contributed by atoms with Crippen LogP contribution in [0.2, 0.25) is 10.0 Å². The van der Waals surface area contributed by atoms with Gasteiger partial charge in [0.1, 0.15) is 21.7 Å². The van der Waals surface area contributed by atoms with Crippen LogP contribution in [0.5, 0.6) is 0 Å². The highest BCUT2D eigenvalue weighted by molar-refractivity contribution is 6.39. The van der Waals surface area contributed by atoms with Crippen LogP contribution in [0, 0.1) is 23.0 Å². The molecule has 13 heavy (non-hydrogen) atoms. The summed E-state index contributed by atoms with van der Waals surface area (Å²) in [7, 11) is 0. The molecule has 0 aromatic heterocycles. The maximum absolute atomic E-state index is 13.0. The van der Waals surface area contributed by atoms with Gasteiger partial charge in [0.2, 0.25) is 0 Å². The third-order valence-electron chi connectivity index (χ3n) is 1.41. The van der Waals surface area contributed by atoms with Crippen molar-refractivity contribution in [3.63, 3.8) is 0 Å². The van der Waals surface area contributed by atoms with E-state index in [2.05, 4.69) is 0 Å². The predicted molar refractivity (Wildman–Crippen MR) is 45.5 cm³/mol. The molecule has 1 aromatic rings. The van der Waals surface area contributed by atoms with Gasteiger partial charge in [-0.2, -0.15) is 5.26 Å². The van der Waals surface area contributed by atoms with E-state index in [-0.39, 0.29) is 0 Å². The molecule has 0 heterocycles. The van der Waals surface area contributed by atoms with Gasteiger partial charge >= 0.3 is 0 Å². The fourth-order valence-corrected chi connectivity index (χ4v) is 1.17. The van der Waals surface area contributed by atoms with Crippen LogP contribution in [-0.4, -0.2) is 0 Å². The SMILES string of the molecule is N#Cc1c(F)c(Cl)c(N)c(Cl)c1F. The molecule has 0 saturated heterocycles. The van der Waals surface area contributed by atoms with Gasteiger partial charge in [-0.05, 0) is 0 Å². The van der Waals surface area contributed by atoms with Crippen molar-refractivity contribution in [2.75, 3.05) is 5.73 Å². The van der Waals surface area contributed by atoms with E-state index < -0.39 is 32.9 Å². The molecule has 0 radical (unpaired) electrons. The molecule has 0 saturated carbocycles. The molecule has 0 unspecified atom stereocenters. The van der Waals surface area contributed by atoms with Crippen LogP contribution < -0.4 is 5.73 Å². The van der Waals surface area contributed by atoms with Crippen molar-refractivity contribution in [3.05, 3.63) is 27.2 Å². The minimum absolute atomic E-state index is 0.405. The number of nitrogens with two attached hydrogens (primary N) is 1. The molecule has 6 heteroatoms. The molecule has 68 valence electrons. The first kappa shape index (κ1) is 10.0. The first-order chi connectivity index (χ1) is 6.00. The monoisotopic (exact) mass is 222 g/mol. The van der Waals surface area contributed by atoms with Gasteiger partial charge in [0.25, 0.3) is 0 Å². The van der Waals surface area contributed by atoms with Gasteiger partial charge in [0.05, 0.1) is 5.69 Å². The second-order valence-electron chi connectivity index (χ2n) is 2.16. The Morgan fingerprint density at radius 2 is 1.54 bits per heavy atom. The standard InChI is InChI=1S/C7H2Cl2F2N2/c8-3-5(10)2(1-12)6(11)4(9)7(3)13/h13H2. The van der Waals surface area contributed by atoms with Crippen LogP contribution in [0.3, 0.4) is 0 Å². The van der Waals surface area contributed by atoms with Crippen molar-refractivity contribution in [2.24, 2.45) is 0 Å². The van der Waals surface area contributed by atoms with Gasteiger partial charge < -0.3 is 5.73 Å². The smallest absolute Gasteiger partial charge is 0.164 e. The van der Waals surface area contributed by atoms with E-state index in [1.807, 2.05) is 0 Å². The van der Waals surface area contributed by atoms with Crippen molar-refractivity contribution in [2.45, 2.75) is 0 Å². The number of hydrogen-bond donors (Lipinski definition) is 1. The number of nitriles is 1. The summed E-state index contributed by atoms with van der Waals surface area (Å²) >= 11 is 10.7. The minimum atomic E-state index is -1.19. The van der Waals surface area contributed by atoms with Crippen molar-refractivity contribution in [1.29, 1.82) is 5.26 Å². The predicted octanol–water partition coefficient (Wildman–Crippen LogP) is 2.73. The van der Waals surface area contributed by atoms with Gasteiger partial charge in [-0.3, -0.25) is 0 Å². The fourth-order valence-electron chi connectivity index (χ4n) is 0.747. The summed E-state index contributed by atoms with van der Waals surface area (Å²) in [6.07, 6.45) is 0. The first-order valence-corrected chi connectivity index (χ1v) is 3.77. The van der Waals surface area contributed by atoms with Gasteiger partial charge in [-0.15, -0.1) is 0 Å². The summed E-state index contributed by atoms with van der Waals surface area (Å²) in [5.74, 6) is -2.38. The lowest BCUT2D eigenvalue weighted by Gasteiger charge is -2.05. The Balaban J connectivity index is 3.69. The largest absolute Gasteiger partial charge is 0.396 e. The van der Waals surface area contributed by atoms with Crippen LogP contribution in [-0.2, 0) is 0 Å². The van der Waals surface area contributed by atoms with E-state index in [1.165, 1.54) is 6.07 Å². The number of nitrogen functional groups attached to an aromatic ring is 1. The van der Waals surface area contributed by atoms with Crippen molar-refractivity contribution in [1.82, 2.24) is 0 Å². The Kier molecular flexibility index (Phi) is 2.60. The van der Waals surface area contributed by atoms with E-state index in [1.54, 1.807) is 0 Å². The van der Waals surface area contributed by atoms with Crippen LogP contribution >= 0.6 is 23.2 Å². The first-order valence-electron chi connectivity index (χ1n) is 3.02. The number of benzene rings is 1. The Bertz CT molecular complexity index is 383. The van der Waals surface area contributed by atoms with E-state index in [9.17, 15) is 8.78 Å². The fraction of sp³-hybridized carbons (Fsp3) is 0. The lowest BCUT2D eigenvalue weighted by molar-refractivity contribution is 0.578. The number of halogens is 4. The van der Waals surface area contributed by atoms with Gasteiger partial charge in [0, 0.05) is 0 Å². The number of nitrogens with zero attached hydrogens (tertiary/aromatic N) is 1. The number of hydrogen-bond acceptors (Lipinski definition) is 2. The topological polar surface area (TPSA) is 49.8 Å². The molecule has 1 rings (SSSR count). The van der Waals surface area contributed by atoms with E-state index >= 15 is 0 Å². The molecule has 0 amide bonds. The number of anilines is 1. The molecule has 0 aliphatic carbocycles. The zero-order valence-corrected chi connectivity index (χ0v) is 7.55. The van der Waals surface area contributed by atoms with E-state index in [4.69, 9.17) is 34.2 Å². The van der Waals surface area contributed by atoms with Crippen molar-refractivity contribution >= 4 is 28.9 Å². The summed E-state index contributed by atoms with van der Waals surface area (Å²) in [4.78, 5) is 0. The molecule has 0 atom stereocenters. The van der Waals surface area contributed by atoms with Crippen molar-refractivity contribution < 1.29 is 8.78 Å².